The highest BCUT2D eigenvalue weighted by Crippen LogP contribution is 2.22. The Kier molecular flexibility index (Phi) is 5.34. The van der Waals surface area contributed by atoms with Crippen molar-refractivity contribution in [2.45, 2.75) is 20.4 Å². The van der Waals surface area contributed by atoms with Crippen molar-refractivity contribution in [3.05, 3.63) is 78.2 Å². The zero-order valence-electron chi connectivity index (χ0n) is 16.8. The van der Waals surface area contributed by atoms with Gasteiger partial charge >= 0.3 is 5.97 Å². The number of nitrogens with one attached hydrogen (secondary N) is 1. The number of ether oxygens (including phenoxy) is 1. The molecule has 0 fully saturated rings. The average Bonchev–Trinajstić information content (AvgIpc) is 3.29. The molecule has 0 bridgehead atoms. The van der Waals surface area contributed by atoms with E-state index in [0.29, 0.717) is 11.4 Å². The molecule has 7 nitrogen and oxygen atoms in total. The predicted molar refractivity (Wildman–Crippen MR) is 115 cm³/mol. The summed E-state index contributed by atoms with van der Waals surface area (Å²) in [5.74, 6) is -0.876. The second-order valence-corrected chi connectivity index (χ2v) is 7.00. The van der Waals surface area contributed by atoms with Crippen LogP contribution in [-0.4, -0.2) is 32.8 Å². The van der Waals surface area contributed by atoms with Gasteiger partial charge in [0, 0.05) is 11.7 Å². The van der Waals surface area contributed by atoms with Gasteiger partial charge in [0.1, 0.15) is 6.54 Å². The van der Waals surface area contributed by atoms with Gasteiger partial charge in [-0.3, -0.25) is 9.59 Å². The maximum absolute atomic E-state index is 12.3. The lowest BCUT2D eigenvalue weighted by atomic mass is 10.2. The summed E-state index contributed by atoms with van der Waals surface area (Å²) in [5, 5.41) is 8.35. The summed E-state index contributed by atoms with van der Waals surface area (Å²) in [7, 11) is 0. The Labute approximate surface area is 173 Å². The minimum absolute atomic E-state index is 0.0464. The first kappa shape index (κ1) is 19.4. The van der Waals surface area contributed by atoms with Crippen LogP contribution in [0.1, 0.15) is 11.4 Å². The van der Waals surface area contributed by atoms with Crippen LogP contribution in [0.25, 0.3) is 16.6 Å². The van der Waals surface area contributed by atoms with Gasteiger partial charge in [-0.05, 0) is 43.5 Å². The topological polar surface area (TPSA) is 78.2 Å². The van der Waals surface area contributed by atoms with E-state index in [2.05, 4.69) is 10.4 Å². The van der Waals surface area contributed by atoms with E-state index in [0.717, 1.165) is 22.3 Å². The number of hydrogen-bond acceptors (Lipinski definition) is 4. The standard InChI is InChI=1S/C23H22N4O3/c1-16-23(17(2)27(25-16)19-9-4-3-5-10-19)24-21(28)15-30-22(29)14-26-13-12-18-8-6-7-11-20(18)26/h3-13H,14-15H2,1-2H3,(H,24,28). The largest absolute Gasteiger partial charge is 0.454 e. The number of fused-ring (bicyclic) bond motifs is 1. The first-order valence-corrected chi connectivity index (χ1v) is 9.64. The van der Waals surface area contributed by atoms with E-state index in [-0.39, 0.29) is 13.2 Å². The number of amides is 1. The number of rotatable bonds is 6. The molecule has 1 amide bonds. The SMILES string of the molecule is Cc1nn(-c2ccccc2)c(C)c1NC(=O)COC(=O)Cn1ccc2ccccc21. The van der Waals surface area contributed by atoms with E-state index in [9.17, 15) is 9.59 Å². The molecule has 152 valence electrons. The Morgan fingerprint density at radius 2 is 1.73 bits per heavy atom. The molecule has 4 rings (SSSR count). The van der Waals surface area contributed by atoms with Crippen molar-refractivity contribution < 1.29 is 14.3 Å². The molecule has 0 spiro atoms. The molecule has 0 unspecified atom stereocenters. The van der Waals surface area contributed by atoms with Crippen molar-refractivity contribution in [3.8, 4) is 5.69 Å². The van der Waals surface area contributed by atoms with Crippen molar-refractivity contribution in [2.75, 3.05) is 11.9 Å². The molecule has 0 atom stereocenters. The van der Waals surface area contributed by atoms with E-state index < -0.39 is 11.9 Å². The highest BCUT2D eigenvalue weighted by molar-refractivity contribution is 5.94. The molecule has 7 heteroatoms. The Bertz CT molecular complexity index is 1210. The molecule has 0 radical (unpaired) electrons. The molecule has 1 N–H and O–H groups in total. The van der Waals surface area contributed by atoms with Crippen LogP contribution < -0.4 is 5.32 Å². The predicted octanol–water partition coefficient (Wildman–Crippen LogP) is 3.63. The van der Waals surface area contributed by atoms with Gasteiger partial charge in [0.05, 0.1) is 22.8 Å². The number of esters is 1. The minimum Gasteiger partial charge on any atom is -0.454 e. The van der Waals surface area contributed by atoms with Gasteiger partial charge in [0.2, 0.25) is 0 Å². The van der Waals surface area contributed by atoms with Crippen molar-refractivity contribution in [2.24, 2.45) is 0 Å². The van der Waals surface area contributed by atoms with Crippen molar-refractivity contribution >= 4 is 28.5 Å². The Balaban J connectivity index is 1.37. The molecule has 0 aliphatic rings. The number of para-hydroxylation sites is 2. The zero-order chi connectivity index (χ0) is 21.1. The van der Waals surface area contributed by atoms with Gasteiger partial charge in [-0.15, -0.1) is 0 Å². The third kappa shape index (κ3) is 3.96. The fourth-order valence-corrected chi connectivity index (χ4v) is 3.43. The lowest BCUT2D eigenvalue weighted by Crippen LogP contribution is -2.23. The Morgan fingerprint density at radius 3 is 2.53 bits per heavy atom. The minimum atomic E-state index is -0.472. The molecule has 0 aliphatic heterocycles. The van der Waals surface area contributed by atoms with Crippen molar-refractivity contribution in [3.63, 3.8) is 0 Å². The van der Waals surface area contributed by atoms with Crippen molar-refractivity contribution in [1.82, 2.24) is 14.3 Å². The van der Waals surface area contributed by atoms with Gasteiger partial charge in [-0.2, -0.15) is 5.10 Å². The van der Waals surface area contributed by atoms with E-state index in [1.807, 2.05) is 80.7 Å². The third-order valence-electron chi connectivity index (χ3n) is 4.90. The number of aromatic nitrogens is 3. The van der Waals surface area contributed by atoms with Crippen LogP contribution in [0.2, 0.25) is 0 Å². The molecule has 2 aromatic heterocycles. The second-order valence-electron chi connectivity index (χ2n) is 7.00. The summed E-state index contributed by atoms with van der Waals surface area (Å²) in [4.78, 5) is 24.5. The fraction of sp³-hybridized carbons (Fsp3) is 0.174. The molecule has 2 aromatic carbocycles. The summed E-state index contributed by atoms with van der Waals surface area (Å²) in [5.41, 5.74) is 3.96. The van der Waals surface area contributed by atoms with Gasteiger partial charge in [-0.1, -0.05) is 36.4 Å². The number of carbonyl (C=O) groups excluding carboxylic acids is 2. The maximum Gasteiger partial charge on any atom is 0.326 e. The van der Waals surface area contributed by atoms with Crippen LogP contribution in [0.3, 0.4) is 0 Å². The van der Waals surface area contributed by atoms with Gasteiger partial charge < -0.3 is 14.6 Å². The monoisotopic (exact) mass is 402 g/mol. The second kappa shape index (κ2) is 8.24. The molecular formula is C23H22N4O3. The lowest BCUT2D eigenvalue weighted by Gasteiger charge is -2.09. The smallest absolute Gasteiger partial charge is 0.326 e. The van der Waals surface area contributed by atoms with Gasteiger partial charge in [-0.25, -0.2) is 4.68 Å². The number of anilines is 1. The summed E-state index contributed by atoms with van der Waals surface area (Å²) < 4.78 is 8.74. The third-order valence-corrected chi connectivity index (χ3v) is 4.90. The molecule has 4 aromatic rings. The number of hydrogen-bond donors (Lipinski definition) is 1. The molecule has 0 aliphatic carbocycles. The van der Waals surface area contributed by atoms with Crippen LogP contribution in [0.5, 0.6) is 0 Å². The molecule has 0 saturated heterocycles. The highest BCUT2D eigenvalue weighted by atomic mass is 16.5. The van der Waals surface area contributed by atoms with E-state index in [4.69, 9.17) is 4.74 Å². The lowest BCUT2D eigenvalue weighted by molar-refractivity contribution is -0.147. The number of carbonyl (C=O) groups is 2. The summed E-state index contributed by atoms with van der Waals surface area (Å²) >= 11 is 0. The maximum atomic E-state index is 12.3. The average molecular weight is 402 g/mol. The van der Waals surface area contributed by atoms with Gasteiger partial charge in [0.15, 0.2) is 6.61 Å². The first-order valence-electron chi connectivity index (χ1n) is 9.64. The number of benzene rings is 2. The summed E-state index contributed by atoms with van der Waals surface area (Å²) in [6, 6.07) is 19.4. The summed E-state index contributed by atoms with van der Waals surface area (Å²) in [6.07, 6.45) is 1.83. The Morgan fingerprint density at radius 1 is 1.00 bits per heavy atom. The number of aryl methyl sites for hydroxylation is 1. The van der Waals surface area contributed by atoms with E-state index in [1.54, 1.807) is 9.25 Å². The van der Waals surface area contributed by atoms with E-state index >= 15 is 0 Å². The van der Waals surface area contributed by atoms with Crippen LogP contribution >= 0.6 is 0 Å². The van der Waals surface area contributed by atoms with Crippen LogP contribution in [0.4, 0.5) is 5.69 Å². The first-order chi connectivity index (χ1) is 14.5. The zero-order valence-corrected chi connectivity index (χ0v) is 16.8. The van der Waals surface area contributed by atoms with Crippen LogP contribution in [0, 0.1) is 13.8 Å². The molecular weight excluding hydrogens is 380 g/mol. The summed E-state index contributed by atoms with van der Waals surface area (Å²) in [6.45, 7) is 3.40. The van der Waals surface area contributed by atoms with E-state index in [1.165, 1.54) is 0 Å². The normalized spacial score (nSPS) is 10.9. The molecule has 30 heavy (non-hydrogen) atoms. The fourth-order valence-electron chi connectivity index (χ4n) is 3.43. The van der Waals surface area contributed by atoms with Crippen LogP contribution in [-0.2, 0) is 20.9 Å². The highest BCUT2D eigenvalue weighted by Gasteiger charge is 2.16. The van der Waals surface area contributed by atoms with Crippen LogP contribution in [0.15, 0.2) is 66.9 Å². The Hall–Kier alpha value is -3.87. The molecule has 2 heterocycles. The van der Waals surface area contributed by atoms with Crippen molar-refractivity contribution in [1.29, 1.82) is 0 Å². The van der Waals surface area contributed by atoms with Gasteiger partial charge in [0.25, 0.3) is 5.91 Å². The molecule has 0 saturated carbocycles. The number of nitrogens with zero attached hydrogens (tertiary/aromatic N) is 3. The quantitative estimate of drug-likeness (QED) is 0.500.